The molecule has 2 rings (SSSR count). The fourth-order valence-corrected chi connectivity index (χ4v) is 1.52. The van der Waals surface area contributed by atoms with E-state index in [4.69, 9.17) is 0 Å². The van der Waals surface area contributed by atoms with Gasteiger partial charge in [-0.25, -0.2) is 18.3 Å². The Morgan fingerprint density at radius 2 is 1.20 bits per heavy atom. The van der Waals surface area contributed by atoms with Crippen molar-refractivity contribution in [2.24, 2.45) is 14.1 Å². The summed E-state index contributed by atoms with van der Waals surface area (Å²) in [5.74, 6) is 0. The molecule has 0 spiro atoms. The van der Waals surface area contributed by atoms with E-state index in [9.17, 15) is 0 Å². The number of aromatic nitrogens is 4. The first-order valence-electron chi connectivity index (χ1n) is 5.89. The van der Waals surface area contributed by atoms with Crippen molar-refractivity contribution in [1.82, 2.24) is 9.13 Å². The fourth-order valence-electron chi connectivity index (χ4n) is 1.52. The van der Waals surface area contributed by atoms with Crippen molar-refractivity contribution in [3.63, 3.8) is 0 Å². The van der Waals surface area contributed by atoms with Crippen LogP contribution in [0.25, 0.3) is 0 Å². The highest BCUT2D eigenvalue weighted by atomic mass is 79.9. The molecule has 0 aliphatic heterocycles. The lowest BCUT2D eigenvalue weighted by molar-refractivity contribution is -0.671. The average molecular weight is 406 g/mol. The zero-order chi connectivity index (χ0) is 13.4. The largest absolute Gasteiger partial charge is 1.00 e. The normalized spacial score (nSPS) is 8.50. The van der Waals surface area contributed by atoms with Crippen LogP contribution in [0, 0.1) is 0 Å². The van der Waals surface area contributed by atoms with Crippen molar-refractivity contribution in [3.05, 3.63) is 62.8 Å². The second-order valence-corrected chi connectivity index (χ2v) is 4.13. The number of rotatable bonds is 4. The molecule has 4 nitrogen and oxygen atoms in total. The van der Waals surface area contributed by atoms with E-state index in [1.807, 2.05) is 72.8 Å². The third-order valence-electron chi connectivity index (χ3n) is 2.33. The molecule has 112 valence electrons. The summed E-state index contributed by atoms with van der Waals surface area (Å²) < 4.78 is 8.13. The summed E-state index contributed by atoms with van der Waals surface area (Å²) in [5.41, 5.74) is 0. The molecule has 0 aromatic carbocycles. The van der Waals surface area contributed by atoms with E-state index in [1.165, 1.54) is 0 Å². The van der Waals surface area contributed by atoms with Gasteiger partial charge in [-0.2, -0.15) is 0 Å². The van der Waals surface area contributed by atoms with Crippen molar-refractivity contribution in [3.8, 4) is 0 Å². The number of imidazole rings is 2. The SMILES string of the molecule is C=CCn1cc[n+](C)c1.C=CCn1cc[n+](C)c1.[Br-].[Br-]. The standard InChI is InChI=1S/2C7H11N2.2BrH/c2*1-3-4-9-6-5-8(2)7-9;;/h2*3,5-7H,1,4H2,2H3;2*1H/q2*+1;;/p-2. The van der Waals surface area contributed by atoms with Gasteiger partial charge in [0.05, 0.1) is 14.1 Å². The summed E-state index contributed by atoms with van der Waals surface area (Å²) >= 11 is 0. The van der Waals surface area contributed by atoms with Gasteiger partial charge in [0.25, 0.3) is 0 Å². The van der Waals surface area contributed by atoms with Gasteiger partial charge in [-0.15, -0.1) is 0 Å². The van der Waals surface area contributed by atoms with Crippen LogP contribution >= 0.6 is 0 Å². The quantitative estimate of drug-likeness (QED) is 0.358. The lowest BCUT2D eigenvalue weighted by Crippen LogP contribution is -3.00. The maximum Gasteiger partial charge on any atom is 0.243 e. The Balaban J connectivity index is 0. The van der Waals surface area contributed by atoms with Crippen LogP contribution in [-0.4, -0.2) is 9.13 Å². The molecule has 0 N–H and O–H groups in total. The van der Waals surface area contributed by atoms with E-state index in [2.05, 4.69) is 22.3 Å². The second-order valence-electron chi connectivity index (χ2n) is 4.13. The number of halogens is 2. The summed E-state index contributed by atoms with van der Waals surface area (Å²) in [5, 5.41) is 0. The zero-order valence-electron chi connectivity index (χ0n) is 12.0. The number of nitrogens with zero attached hydrogens (tertiary/aromatic N) is 4. The molecule has 0 fully saturated rings. The molecule has 0 amide bonds. The maximum absolute atomic E-state index is 3.64. The molecule has 20 heavy (non-hydrogen) atoms. The van der Waals surface area contributed by atoms with E-state index in [0.717, 1.165) is 13.1 Å². The Bertz CT molecular complexity index is 457. The number of hydrogen-bond acceptors (Lipinski definition) is 0. The van der Waals surface area contributed by atoms with Crippen molar-refractivity contribution < 1.29 is 43.1 Å². The molecule has 6 heteroatoms. The molecule has 2 aromatic heterocycles. The molecular weight excluding hydrogens is 384 g/mol. The third-order valence-corrected chi connectivity index (χ3v) is 2.33. The van der Waals surface area contributed by atoms with Crippen LogP contribution in [0.15, 0.2) is 62.8 Å². The van der Waals surface area contributed by atoms with Gasteiger partial charge in [-0.1, -0.05) is 25.3 Å². The zero-order valence-corrected chi connectivity index (χ0v) is 15.2. The van der Waals surface area contributed by atoms with Crippen LogP contribution in [0.5, 0.6) is 0 Å². The molecule has 0 atom stereocenters. The number of allylic oxidation sites excluding steroid dienone is 2. The van der Waals surface area contributed by atoms with Crippen molar-refractivity contribution in [1.29, 1.82) is 0 Å². The van der Waals surface area contributed by atoms with Gasteiger partial charge < -0.3 is 34.0 Å². The van der Waals surface area contributed by atoms with Gasteiger partial charge in [0.15, 0.2) is 0 Å². The van der Waals surface area contributed by atoms with Crippen LogP contribution in [0.4, 0.5) is 0 Å². The Labute approximate surface area is 142 Å². The van der Waals surface area contributed by atoms with Crippen molar-refractivity contribution in [2.45, 2.75) is 13.1 Å². The third kappa shape index (κ3) is 8.12. The van der Waals surface area contributed by atoms with Gasteiger partial charge in [-0.3, -0.25) is 0 Å². The predicted molar refractivity (Wildman–Crippen MR) is 71.6 cm³/mol. The Morgan fingerprint density at radius 3 is 1.40 bits per heavy atom. The Hall–Kier alpha value is -1.14. The highest BCUT2D eigenvalue weighted by Gasteiger charge is 1.94. The highest BCUT2D eigenvalue weighted by Crippen LogP contribution is 1.82. The Morgan fingerprint density at radius 1 is 0.850 bits per heavy atom. The molecule has 0 unspecified atom stereocenters. The summed E-state index contributed by atoms with van der Waals surface area (Å²) in [6.45, 7) is 9.05. The van der Waals surface area contributed by atoms with Crippen molar-refractivity contribution in [2.75, 3.05) is 0 Å². The minimum absolute atomic E-state index is 0. The van der Waals surface area contributed by atoms with Gasteiger partial charge in [-0.05, 0) is 0 Å². The number of hydrogen-bond donors (Lipinski definition) is 0. The summed E-state index contributed by atoms with van der Waals surface area (Å²) in [7, 11) is 4.00. The lowest BCUT2D eigenvalue weighted by Gasteiger charge is -1.83. The van der Waals surface area contributed by atoms with E-state index >= 15 is 0 Å². The van der Waals surface area contributed by atoms with Gasteiger partial charge in [0.1, 0.15) is 37.9 Å². The van der Waals surface area contributed by atoms with Gasteiger partial charge in [0, 0.05) is 0 Å². The molecule has 0 aliphatic rings. The monoisotopic (exact) mass is 404 g/mol. The summed E-state index contributed by atoms with van der Waals surface area (Å²) in [6, 6.07) is 0. The summed E-state index contributed by atoms with van der Waals surface area (Å²) in [4.78, 5) is 0. The molecule has 2 heterocycles. The smallest absolute Gasteiger partial charge is 0.243 e. The van der Waals surface area contributed by atoms with Crippen LogP contribution in [0.2, 0.25) is 0 Å². The molecule has 0 radical (unpaired) electrons. The van der Waals surface area contributed by atoms with E-state index in [1.54, 1.807) is 0 Å². The fraction of sp³-hybridized carbons (Fsp3) is 0.286. The van der Waals surface area contributed by atoms with Gasteiger partial charge >= 0.3 is 0 Å². The van der Waals surface area contributed by atoms with Crippen LogP contribution in [0.1, 0.15) is 0 Å². The minimum atomic E-state index is 0. The molecule has 2 aromatic rings. The number of aryl methyl sites for hydroxylation is 2. The molecule has 0 saturated heterocycles. The Kier molecular flexibility index (Phi) is 12.3. The lowest BCUT2D eigenvalue weighted by atomic mass is 10.6. The second kappa shape index (κ2) is 11.7. The molecular formula is C14H22Br2N4. The minimum Gasteiger partial charge on any atom is -1.00 e. The van der Waals surface area contributed by atoms with E-state index in [0.29, 0.717) is 0 Å². The molecule has 0 saturated carbocycles. The maximum atomic E-state index is 3.64. The van der Waals surface area contributed by atoms with E-state index < -0.39 is 0 Å². The van der Waals surface area contributed by atoms with Crippen LogP contribution in [0.3, 0.4) is 0 Å². The molecule has 0 bridgehead atoms. The molecule has 0 aliphatic carbocycles. The average Bonchev–Trinajstić information content (AvgIpc) is 2.90. The van der Waals surface area contributed by atoms with Crippen LogP contribution in [-0.2, 0) is 27.2 Å². The summed E-state index contributed by atoms with van der Waals surface area (Å²) in [6.07, 6.45) is 15.8. The van der Waals surface area contributed by atoms with Gasteiger partial charge in [0.2, 0.25) is 12.7 Å². The first-order chi connectivity index (χ1) is 8.65. The highest BCUT2D eigenvalue weighted by molar-refractivity contribution is 4.74. The van der Waals surface area contributed by atoms with E-state index in [-0.39, 0.29) is 34.0 Å². The topological polar surface area (TPSA) is 17.6 Å². The van der Waals surface area contributed by atoms with Crippen molar-refractivity contribution >= 4 is 0 Å². The first kappa shape index (κ1) is 21.2. The first-order valence-corrected chi connectivity index (χ1v) is 5.89. The predicted octanol–water partition coefficient (Wildman–Crippen LogP) is -4.99. The van der Waals surface area contributed by atoms with Crippen LogP contribution < -0.4 is 43.1 Å².